The molecule has 0 bridgehead atoms. The summed E-state index contributed by atoms with van der Waals surface area (Å²) in [4.78, 5) is 4.18. The molecule has 1 heterocycles. The summed E-state index contributed by atoms with van der Waals surface area (Å²) in [6, 6.07) is 0.693. The Balaban J connectivity index is 1.69. The lowest BCUT2D eigenvalue weighted by atomic mass is 10.1. The van der Waals surface area contributed by atoms with Crippen LogP contribution in [-0.4, -0.2) is 22.7 Å². The van der Waals surface area contributed by atoms with E-state index in [-0.39, 0.29) is 0 Å². The molecular weight excluding hydrogens is 190 g/mol. The second kappa shape index (κ2) is 4.75. The number of hydrogen-bond donors (Lipinski definition) is 1. The van der Waals surface area contributed by atoms with Gasteiger partial charge >= 0.3 is 0 Å². The van der Waals surface area contributed by atoms with Crippen LogP contribution >= 0.6 is 0 Å². The molecule has 1 fully saturated rings. The highest BCUT2D eigenvalue weighted by Gasteiger charge is 2.29. The van der Waals surface area contributed by atoms with Crippen molar-refractivity contribution in [2.75, 3.05) is 6.54 Å². The van der Waals surface area contributed by atoms with E-state index >= 15 is 0 Å². The van der Waals surface area contributed by atoms with Crippen molar-refractivity contribution in [3.8, 4) is 0 Å². The minimum absolute atomic E-state index is 0.652. The van der Waals surface area contributed by atoms with Crippen LogP contribution in [0.3, 0.4) is 0 Å². The summed E-state index contributed by atoms with van der Waals surface area (Å²) >= 11 is 0. The molecule has 1 N–H and O–H groups in total. The molecule has 0 spiro atoms. The zero-order valence-corrected chi connectivity index (χ0v) is 9.49. The van der Waals surface area contributed by atoms with Crippen LogP contribution in [0.4, 0.5) is 0 Å². The molecule has 4 heteroatoms. The third-order valence-electron chi connectivity index (χ3n) is 2.96. The van der Waals surface area contributed by atoms with Gasteiger partial charge in [0.05, 0.1) is 0 Å². The van der Waals surface area contributed by atoms with Crippen molar-refractivity contribution in [2.24, 2.45) is 5.92 Å². The largest absolute Gasteiger partial charge is 0.340 e. The van der Waals surface area contributed by atoms with Crippen LogP contribution in [0.1, 0.15) is 37.9 Å². The van der Waals surface area contributed by atoms with Crippen LogP contribution < -0.4 is 5.32 Å². The zero-order chi connectivity index (χ0) is 10.7. The first kappa shape index (κ1) is 10.6. The maximum atomic E-state index is 4.92. The highest BCUT2D eigenvalue weighted by atomic mass is 16.5. The van der Waals surface area contributed by atoms with Gasteiger partial charge in [-0.3, -0.25) is 0 Å². The molecule has 0 aromatic carbocycles. The standard InChI is InChI=1S/C11H19N3O/c1-3-10(9-4-5-9)12-7-6-11-13-8(2)15-14-11/h9-10,12H,3-7H2,1-2H3. The van der Waals surface area contributed by atoms with Crippen LogP contribution in [0, 0.1) is 12.8 Å². The predicted octanol–water partition coefficient (Wildman–Crippen LogP) is 1.70. The predicted molar refractivity (Wildman–Crippen MR) is 57.5 cm³/mol. The van der Waals surface area contributed by atoms with Gasteiger partial charge in [0.2, 0.25) is 5.89 Å². The van der Waals surface area contributed by atoms with Gasteiger partial charge in [0.15, 0.2) is 5.82 Å². The Labute approximate surface area is 90.4 Å². The molecule has 1 aromatic heterocycles. The third kappa shape index (κ3) is 3.02. The molecular formula is C11H19N3O. The van der Waals surface area contributed by atoms with Crippen molar-refractivity contribution in [1.82, 2.24) is 15.5 Å². The molecule has 15 heavy (non-hydrogen) atoms. The summed E-state index contributed by atoms with van der Waals surface area (Å²) in [5.41, 5.74) is 0. The van der Waals surface area contributed by atoms with E-state index in [1.165, 1.54) is 19.3 Å². The average Bonchev–Trinajstić information content (AvgIpc) is 2.98. The highest BCUT2D eigenvalue weighted by molar-refractivity contribution is 4.88. The normalized spacial score (nSPS) is 18.0. The summed E-state index contributed by atoms with van der Waals surface area (Å²) in [7, 11) is 0. The topological polar surface area (TPSA) is 51.0 Å². The van der Waals surface area contributed by atoms with E-state index in [1.54, 1.807) is 0 Å². The minimum atomic E-state index is 0.652. The molecule has 1 saturated carbocycles. The van der Waals surface area contributed by atoms with Gasteiger partial charge in [-0.1, -0.05) is 12.1 Å². The van der Waals surface area contributed by atoms with Gasteiger partial charge in [-0.15, -0.1) is 0 Å². The minimum Gasteiger partial charge on any atom is -0.340 e. The van der Waals surface area contributed by atoms with Crippen LogP contribution in [0.5, 0.6) is 0 Å². The summed E-state index contributed by atoms with van der Waals surface area (Å²) in [5, 5.41) is 7.44. The Kier molecular flexibility index (Phi) is 3.36. The van der Waals surface area contributed by atoms with Crippen molar-refractivity contribution in [3.05, 3.63) is 11.7 Å². The highest BCUT2D eigenvalue weighted by Crippen LogP contribution is 2.33. The van der Waals surface area contributed by atoms with E-state index in [0.717, 1.165) is 24.7 Å². The van der Waals surface area contributed by atoms with Crippen molar-refractivity contribution < 1.29 is 4.52 Å². The average molecular weight is 209 g/mol. The lowest BCUT2D eigenvalue weighted by Crippen LogP contribution is -2.32. The lowest BCUT2D eigenvalue weighted by Gasteiger charge is -2.14. The fourth-order valence-electron chi connectivity index (χ4n) is 1.96. The molecule has 84 valence electrons. The Morgan fingerprint density at radius 2 is 2.33 bits per heavy atom. The molecule has 1 aromatic rings. The number of nitrogens with zero attached hydrogens (tertiary/aromatic N) is 2. The molecule has 0 radical (unpaired) electrons. The molecule has 0 saturated heterocycles. The molecule has 1 aliphatic rings. The molecule has 0 aliphatic heterocycles. The van der Waals surface area contributed by atoms with Gasteiger partial charge in [-0.05, 0) is 25.2 Å². The first-order valence-electron chi connectivity index (χ1n) is 5.82. The van der Waals surface area contributed by atoms with Crippen LogP contribution in [-0.2, 0) is 6.42 Å². The van der Waals surface area contributed by atoms with E-state index in [9.17, 15) is 0 Å². The number of nitrogens with one attached hydrogen (secondary N) is 1. The summed E-state index contributed by atoms with van der Waals surface area (Å²) < 4.78 is 4.92. The summed E-state index contributed by atoms with van der Waals surface area (Å²) in [6.07, 6.45) is 4.87. The molecule has 1 aliphatic carbocycles. The lowest BCUT2D eigenvalue weighted by molar-refractivity contribution is 0.385. The van der Waals surface area contributed by atoms with Gasteiger partial charge in [-0.25, -0.2) is 0 Å². The van der Waals surface area contributed by atoms with E-state index in [4.69, 9.17) is 4.52 Å². The Morgan fingerprint density at radius 3 is 2.87 bits per heavy atom. The molecule has 1 unspecified atom stereocenters. The quantitative estimate of drug-likeness (QED) is 0.774. The monoisotopic (exact) mass is 209 g/mol. The maximum Gasteiger partial charge on any atom is 0.223 e. The van der Waals surface area contributed by atoms with Crippen molar-refractivity contribution >= 4 is 0 Å². The van der Waals surface area contributed by atoms with E-state index in [0.29, 0.717) is 11.9 Å². The van der Waals surface area contributed by atoms with E-state index in [1.807, 2.05) is 6.92 Å². The van der Waals surface area contributed by atoms with Crippen LogP contribution in [0.2, 0.25) is 0 Å². The van der Waals surface area contributed by atoms with Gasteiger partial charge in [0.25, 0.3) is 0 Å². The zero-order valence-electron chi connectivity index (χ0n) is 9.49. The van der Waals surface area contributed by atoms with Crippen molar-refractivity contribution in [3.63, 3.8) is 0 Å². The number of aromatic nitrogens is 2. The number of rotatable bonds is 6. The SMILES string of the molecule is CCC(NCCc1noc(C)n1)C1CC1. The molecule has 2 rings (SSSR count). The number of hydrogen-bond acceptors (Lipinski definition) is 4. The van der Waals surface area contributed by atoms with E-state index < -0.39 is 0 Å². The summed E-state index contributed by atoms with van der Waals surface area (Å²) in [5.74, 6) is 2.38. The first-order chi connectivity index (χ1) is 7.29. The van der Waals surface area contributed by atoms with Gasteiger partial charge < -0.3 is 9.84 Å². The molecule has 1 atom stereocenters. The van der Waals surface area contributed by atoms with Crippen LogP contribution in [0.15, 0.2) is 4.52 Å². The van der Waals surface area contributed by atoms with Crippen molar-refractivity contribution in [2.45, 2.75) is 45.6 Å². The Morgan fingerprint density at radius 1 is 1.53 bits per heavy atom. The Hall–Kier alpha value is -0.900. The second-order valence-electron chi connectivity index (χ2n) is 4.29. The van der Waals surface area contributed by atoms with Gasteiger partial charge in [0.1, 0.15) is 0 Å². The molecule has 4 nitrogen and oxygen atoms in total. The maximum absolute atomic E-state index is 4.92. The second-order valence-corrected chi connectivity index (χ2v) is 4.29. The molecule has 0 amide bonds. The third-order valence-corrected chi connectivity index (χ3v) is 2.96. The van der Waals surface area contributed by atoms with Gasteiger partial charge in [0, 0.05) is 25.9 Å². The fraction of sp³-hybridized carbons (Fsp3) is 0.818. The number of aryl methyl sites for hydroxylation is 1. The van der Waals surface area contributed by atoms with Gasteiger partial charge in [-0.2, -0.15) is 4.98 Å². The van der Waals surface area contributed by atoms with E-state index in [2.05, 4.69) is 22.4 Å². The first-order valence-corrected chi connectivity index (χ1v) is 5.82. The summed E-state index contributed by atoms with van der Waals surface area (Å²) in [6.45, 7) is 5.02. The van der Waals surface area contributed by atoms with Crippen LogP contribution in [0.25, 0.3) is 0 Å². The van der Waals surface area contributed by atoms with Crippen molar-refractivity contribution in [1.29, 1.82) is 0 Å². The Bertz CT molecular complexity index is 307. The smallest absolute Gasteiger partial charge is 0.223 e. The fourth-order valence-corrected chi connectivity index (χ4v) is 1.96.